The van der Waals surface area contributed by atoms with Crippen LogP contribution >= 0.6 is 22.6 Å². The van der Waals surface area contributed by atoms with E-state index in [0.29, 0.717) is 6.42 Å². The summed E-state index contributed by atoms with van der Waals surface area (Å²) in [4.78, 5) is 10.7. The van der Waals surface area contributed by atoms with Crippen LogP contribution in [-0.4, -0.2) is 17.6 Å². The van der Waals surface area contributed by atoms with Crippen molar-refractivity contribution < 1.29 is 9.90 Å². The van der Waals surface area contributed by atoms with Crippen LogP contribution in [0.5, 0.6) is 0 Å². The molecule has 1 atom stereocenters. The van der Waals surface area contributed by atoms with Crippen LogP contribution in [0.15, 0.2) is 24.3 Å². The van der Waals surface area contributed by atoms with Crippen LogP contribution in [0.1, 0.15) is 12.0 Å². The molecule has 3 nitrogen and oxygen atoms in total. The van der Waals surface area contributed by atoms with Crippen molar-refractivity contribution in [2.45, 2.75) is 12.8 Å². The molecule has 0 heterocycles. The Morgan fingerprint density at radius 2 is 2.27 bits per heavy atom. The molecule has 15 heavy (non-hydrogen) atoms. The van der Waals surface area contributed by atoms with E-state index in [1.807, 2.05) is 24.3 Å². The van der Waals surface area contributed by atoms with Gasteiger partial charge in [-0.25, -0.2) is 0 Å². The Morgan fingerprint density at radius 3 is 2.80 bits per heavy atom. The van der Waals surface area contributed by atoms with Gasteiger partial charge in [-0.1, -0.05) is 12.1 Å². The van der Waals surface area contributed by atoms with Crippen molar-refractivity contribution in [3.8, 4) is 0 Å². The molecule has 1 aromatic rings. The topological polar surface area (TPSA) is 63.3 Å². The summed E-state index contributed by atoms with van der Waals surface area (Å²) in [6.07, 6.45) is 0.929. The van der Waals surface area contributed by atoms with Gasteiger partial charge in [-0.15, -0.1) is 0 Å². The lowest BCUT2D eigenvalue weighted by atomic mass is 9.97. The molecule has 1 rings (SSSR count). The Bertz CT molecular complexity index is 341. The first-order valence-electron chi connectivity index (χ1n) is 4.75. The summed E-state index contributed by atoms with van der Waals surface area (Å²) in [7, 11) is 0. The van der Waals surface area contributed by atoms with Crippen molar-refractivity contribution in [3.63, 3.8) is 0 Å². The summed E-state index contributed by atoms with van der Waals surface area (Å²) in [5.74, 6) is -0.430. The van der Waals surface area contributed by atoms with Crippen LogP contribution < -0.4 is 5.73 Å². The highest BCUT2D eigenvalue weighted by Gasteiger charge is 2.11. The standard InChI is InChI=1S/C11H14INO2/c12-10-3-1-2-8(5-10)4-9(7-14)6-11(13)15/h1-3,5,9,14H,4,6-7H2,(H2,13,15)/t9-/m1/s1. The number of nitrogens with two attached hydrogens (primary N) is 1. The number of aliphatic hydroxyl groups excluding tert-OH is 1. The molecule has 0 aliphatic heterocycles. The summed E-state index contributed by atoms with van der Waals surface area (Å²) < 4.78 is 1.15. The van der Waals surface area contributed by atoms with Gasteiger partial charge < -0.3 is 10.8 Å². The first-order valence-corrected chi connectivity index (χ1v) is 5.83. The van der Waals surface area contributed by atoms with E-state index in [9.17, 15) is 4.79 Å². The van der Waals surface area contributed by atoms with E-state index in [1.165, 1.54) is 0 Å². The van der Waals surface area contributed by atoms with Gasteiger partial charge in [0.2, 0.25) is 5.91 Å². The van der Waals surface area contributed by atoms with E-state index < -0.39 is 0 Å². The second-order valence-corrected chi connectivity index (χ2v) is 4.80. The molecule has 0 spiro atoms. The molecule has 0 saturated carbocycles. The summed E-state index contributed by atoms with van der Waals surface area (Å²) in [5.41, 5.74) is 6.23. The molecular weight excluding hydrogens is 305 g/mol. The van der Waals surface area contributed by atoms with Gasteiger partial charge in [-0.2, -0.15) is 0 Å². The quantitative estimate of drug-likeness (QED) is 0.804. The van der Waals surface area contributed by atoms with Crippen molar-refractivity contribution in [1.29, 1.82) is 0 Å². The normalized spacial score (nSPS) is 12.4. The smallest absolute Gasteiger partial charge is 0.217 e. The highest BCUT2D eigenvalue weighted by atomic mass is 127. The average Bonchev–Trinajstić information content (AvgIpc) is 2.16. The molecule has 1 amide bonds. The minimum Gasteiger partial charge on any atom is -0.396 e. The van der Waals surface area contributed by atoms with Gasteiger partial charge in [0.1, 0.15) is 0 Å². The van der Waals surface area contributed by atoms with Gasteiger partial charge in [0, 0.05) is 16.6 Å². The number of amides is 1. The lowest BCUT2D eigenvalue weighted by Gasteiger charge is -2.12. The van der Waals surface area contributed by atoms with Crippen LogP contribution in [0.3, 0.4) is 0 Å². The first kappa shape index (κ1) is 12.4. The largest absolute Gasteiger partial charge is 0.396 e. The second-order valence-electron chi connectivity index (χ2n) is 3.55. The molecule has 82 valence electrons. The third-order valence-electron chi connectivity index (χ3n) is 2.16. The van der Waals surface area contributed by atoms with Crippen molar-refractivity contribution >= 4 is 28.5 Å². The predicted molar refractivity (Wildman–Crippen MR) is 67.3 cm³/mol. The molecule has 1 aromatic carbocycles. The Balaban J connectivity index is 2.62. The monoisotopic (exact) mass is 319 g/mol. The summed E-state index contributed by atoms with van der Waals surface area (Å²) >= 11 is 2.24. The van der Waals surface area contributed by atoms with Crippen LogP contribution in [0.25, 0.3) is 0 Å². The van der Waals surface area contributed by atoms with Crippen molar-refractivity contribution in [1.82, 2.24) is 0 Å². The molecule has 0 aliphatic rings. The lowest BCUT2D eigenvalue weighted by Crippen LogP contribution is -2.20. The van der Waals surface area contributed by atoms with Crippen molar-refractivity contribution in [3.05, 3.63) is 33.4 Å². The van der Waals surface area contributed by atoms with E-state index in [0.717, 1.165) is 9.13 Å². The van der Waals surface area contributed by atoms with E-state index in [1.54, 1.807) is 0 Å². The number of halogens is 1. The average molecular weight is 319 g/mol. The molecule has 4 heteroatoms. The minimum atomic E-state index is -0.361. The Kier molecular flexibility index (Phi) is 5.04. The third-order valence-corrected chi connectivity index (χ3v) is 2.83. The number of hydrogen-bond donors (Lipinski definition) is 2. The SMILES string of the molecule is NC(=O)C[C@H](CO)Cc1cccc(I)c1. The fourth-order valence-corrected chi connectivity index (χ4v) is 2.09. The molecule has 0 unspecified atom stereocenters. The van der Waals surface area contributed by atoms with Gasteiger partial charge in [-0.05, 0) is 52.6 Å². The molecule has 0 aromatic heterocycles. The first-order chi connectivity index (χ1) is 7.11. The van der Waals surface area contributed by atoms with E-state index >= 15 is 0 Å². The van der Waals surface area contributed by atoms with Crippen LogP contribution in [0.4, 0.5) is 0 Å². The molecule has 0 bridgehead atoms. The maximum atomic E-state index is 10.7. The molecular formula is C11H14INO2. The number of benzene rings is 1. The van der Waals surface area contributed by atoms with Gasteiger partial charge in [0.25, 0.3) is 0 Å². The number of aliphatic hydroxyl groups is 1. The summed E-state index contributed by atoms with van der Waals surface area (Å²) in [6.45, 7) is -0.00554. The number of carbonyl (C=O) groups excluding carboxylic acids is 1. The third kappa shape index (κ3) is 4.61. The maximum Gasteiger partial charge on any atom is 0.217 e. The highest BCUT2D eigenvalue weighted by Crippen LogP contribution is 2.14. The zero-order chi connectivity index (χ0) is 11.3. The van der Waals surface area contributed by atoms with Gasteiger partial charge in [0.05, 0.1) is 0 Å². The number of hydrogen-bond acceptors (Lipinski definition) is 2. The van der Waals surface area contributed by atoms with Gasteiger partial charge >= 0.3 is 0 Å². The number of primary amides is 1. The molecule has 0 radical (unpaired) electrons. The minimum absolute atomic E-state index is 0.00554. The molecule has 0 saturated heterocycles. The van der Waals surface area contributed by atoms with Crippen LogP contribution in [-0.2, 0) is 11.2 Å². The summed E-state index contributed by atoms with van der Waals surface area (Å²) in [5, 5.41) is 9.10. The Labute approximate surface area is 103 Å². The fraction of sp³-hybridized carbons (Fsp3) is 0.364. The summed E-state index contributed by atoms with van der Waals surface area (Å²) in [6, 6.07) is 8.01. The predicted octanol–water partition coefficient (Wildman–Crippen LogP) is 1.32. The zero-order valence-corrected chi connectivity index (χ0v) is 10.5. The molecule has 0 fully saturated rings. The highest BCUT2D eigenvalue weighted by molar-refractivity contribution is 14.1. The maximum absolute atomic E-state index is 10.7. The van der Waals surface area contributed by atoms with Crippen LogP contribution in [0, 0.1) is 9.49 Å². The van der Waals surface area contributed by atoms with E-state index in [4.69, 9.17) is 10.8 Å². The molecule has 0 aliphatic carbocycles. The second kappa shape index (κ2) is 6.07. The van der Waals surface area contributed by atoms with Crippen LogP contribution in [0.2, 0.25) is 0 Å². The molecule has 3 N–H and O–H groups in total. The van der Waals surface area contributed by atoms with Gasteiger partial charge in [0.15, 0.2) is 0 Å². The van der Waals surface area contributed by atoms with E-state index in [-0.39, 0.29) is 24.9 Å². The number of carbonyl (C=O) groups is 1. The fourth-order valence-electron chi connectivity index (χ4n) is 1.48. The lowest BCUT2D eigenvalue weighted by molar-refractivity contribution is -0.119. The van der Waals surface area contributed by atoms with Crippen molar-refractivity contribution in [2.24, 2.45) is 11.7 Å². The van der Waals surface area contributed by atoms with Crippen molar-refractivity contribution in [2.75, 3.05) is 6.61 Å². The zero-order valence-electron chi connectivity index (χ0n) is 8.32. The van der Waals surface area contributed by atoms with Gasteiger partial charge in [-0.3, -0.25) is 4.79 Å². The van der Waals surface area contributed by atoms with E-state index in [2.05, 4.69) is 22.6 Å². The Morgan fingerprint density at radius 1 is 1.53 bits per heavy atom. The Hall–Kier alpha value is -0.620. The number of rotatable bonds is 5.